The number of alkyl halides is 3. The molecule has 1 atom stereocenters. The van der Waals surface area contributed by atoms with E-state index in [-0.39, 0.29) is 18.0 Å². The first kappa shape index (κ1) is 20.5. The molecule has 1 aromatic carbocycles. The highest BCUT2D eigenvalue weighted by molar-refractivity contribution is 6.42. The molecule has 0 saturated carbocycles. The van der Waals surface area contributed by atoms with Gasteiger partial charge in [-0.25, -0.2) is 4.98 Å². The summed E-state index contributed by atoms with van der Waals surface area (Å²) in [7, 11) is 1.35. The van der Waals surface area contributed by atoms with E-state index in [0.29, 0.717) is 10.6 Å². The van der Waals surface area contributed by atoms with Crippen LogP contribution in [0.25, 0.3) is 0 Å². The molecule has 1 unspecified atom stereocenters. The molecular formula is C16H16Cl2F3N3O2. The van der Waals surface area contributed by atoms with Gasteiger partial charge in [0.15, 0.2) is 0 Å². The van der Waals surface area contributed by atoms with E-state index in [4.69, 9.17) is 23.2 Å². The number of carbonyl (C=O) groups is 1. The lowest BCUT2D eigenvalue weighted by atomic mass is 9.97. The van der Waals surface area contributed by atoms with Gasteiger partial charge in [0.1, 0.15) is 5.82 Å². The van der Waals surface area contributed by atoms with Crippen LogP contribution in [0.4, 0.5) is 13.2 Å². The average molecular weight is 410 g/mol. The number of halogens is 5. The molecule has 10 heteroatoms. The van der Waals surface area contributed by atoms with Crippen molar-refractivity contribution < 1.29 is 23.1 Å². The summed E-state index contributed by atoms with van der Waals surface area (Å²) in [5, 5.41) is 13.1. The predicted octanol–water partition coefficient (Wildman–Crippen LogP) is 3.23. The molecule has 0 saturated heterocycles. The fourth-order valence-corrected chi connectivity index (χ4v) is 2.75. The third-order valence-electron chi connectivity index (χ3n) is 3.82. The van der Waals surface area contributed by atoms with Crippen LogP contribution in [0.5, 0.6) is 0 Å². The quantitative estimate of drug-likeness (QED) is 0.769. The standard InChI is InChI=1S/C16H16Cl2F3N3O2/c1-24-7-6-23-14(24)15(26,16(19,20)21)4-5-22-13(25)9-10-2-3-11(17)12(18)8-10/h2-3,6-8,26H,4-5,9H2,1H3,(H,22,25). The maximum Gasteiger partial charge on any atom is 0.424 e. The first-order valence-corrected chi connectivity index (χ1v) is 8.27. The number of aliphatic hydroxyl groups is 1. The fourth-order valence-electron chi connectivity index (χ4n) is 2.42. The molecule has 0 bridgehead atoms. The highest BCUT2D eigenvalue weighted by atomic mass is 35.5. The van der Waals surface area contributed by atoms with Crippen LogP contribution in [0.15, 0.2) is 30.6 Å². The summed E-state index contributed by atoms with van der Waals surface area (Å²) < 4.78 is 41.2. The number of nitrogens with one attached hydrogen (secondary N) is 1. The zero-order chi connectivity index (χ0) is 19.5. The predicted molar refractivity (Wildman–Crippen MR) is 91.0 cm³/mol. The number of hydrogen-bond acceptors (Lipinski definition) is 3. The number of imidazole rings is 1. The van der Waals surface area contributed by atoms with E-state index in [2.05, 4.69) is 10.3 Å². The summed E-state index contributed by atoms with van der Waals surface area (Å²) in [6.45, 7) is -0.386. The number of carbonyl (C=O) groups excluding carboxylic acids is 1. The molecule has 1 aromatic heterocycles. The van der Waals surface area contributed by atoms with Crippen molar-refractivity contribution in [1.82, 2.24) is 14.9 Å². The van der Waals surface area contributed by atoms with Crippen LogP contribution in [0.1, 0.15) is 17.8 Å². The monoisotopic (exact) mass is 409 g/mol. The fraction of sp³-hybridized carbons (Fsp3) is 0.375. The second kappa shape index (κ2) is 7.85. The number of nitrogens with zero attached hydrogens (tertiary/aromatic N) is 2. The van der Waals surface area contributed by atoms with Gasteiger partial charge in [-0.3, -0.25) is 4.79 Å². The third-order valence-corrected chi connectivity index (χ3v) is 4.56. The Bertz CT molecular complexity index is 795. The van der Waals surface area contributed by atoms with E-state index < -0.39 is 29.9 Å². The van der Waals surface area contributed by atoms with Crippen molar-refractivity contribution in [3.8, 4) is 0 Å². The summed E-state index contributed by atoms with van der Waals surface area (Å²) in [6, 6.07) is 4.62. The summed E-state index contributed by atoms with van der Waals surface area (Å²) in [5.41, 5.74) is -2.60. The number of aromatic nitrogens is 2. The van der Waals surface area contributed by atoms with E-state index >= 15 is 0 Å². The molecule has 0 aliphatic heterocycles. The van der Waals surface area contributed by atoms with Gasteiger partial charge < -0.3 is 15.0 Å². The molecule has 1 heterocycles. The molecule has 0 aliphatic rings. The van der Waals surface area contributed by atoms with Crippen molar-refractivity contribution in [2.75, 3.05) is 6.54 Å². The van der Waals surface area contributed by atoms with Crippen molar-refractivity contribution in [2.45, 2.75) is 24.6 Å². The van der Waals surface area contributed by atoms with E-state index in [1.54, 1.807) is 6.07 Å². The van der Waals surface area contributed by atoms with Crippen LogP contribution < -0.4 is 5.32 Å². The molecule has 0 aliphatic carbocycles. The zero-order valence-corrected chi connectivity index (χ0v) is 15.2. The molecule has 142 valence electrons. The maximum absolute atomic E-state index is 13.4. The highest BCUT2D eigenvalue weighted by Crippen LogP contribution is 2.40. The molecular weight excluding hydrogens is 394 g/mol. The molecule has 2 rings (SSSR count). The minimum Gasteiger partial charge on any atom is -0.374 e. The Labute approximate surface area is 157 Å². The Morgan fingerprint density at radius 3 is 2.54 bits per heavy atom. The van der Waals surface area contributed by atoms with Crippen molar-refractivity contribution in [2.24, 2.45) is 7.05 Å². The molecule has 2 N–H and O–H groups in total. The Morgan fingerprint density at radius 1 is 1.31 bits per heavy atom. The lowest BCUT2D eigenvalue weighted by molar-refractivity contribution is -0.272. The van der Waals surface area contributed by atoms with E-state index in [0.717, 1.165) is 10.8 Å². The molecule has 0 radical (unpaired) electrons. The van der Waals surface area contributed by atoms with Crippen LogP contribution >= 0.6 is 23.2 Å². The Kier molecular flexibility index (Phi) is 6.21. The van der Waals surface area contributed by atoms with Crippen LogP contribution in [0.3, 0.4) is 0 Å². The Hall–Kier alpha value is -1.77. The number of aryl methyl sites for hydroxylation is 1. The second-order valence-corrected chi connectivity index (χ2v) is 6.56. The molecule has 2 aromatic rings. The number of hydrogen-bond donors (Lipinski definition) is 2. The molecule has 26 heavy (non-hydrogen) atoms. The van der Waals surface area contributed by atoms with Gasteiger partial charge >= 0.3 is 6.18 Å². The minimum absolute atomic E-state index is 0.0796. The lowest BCUT2D eigenvalue weighted by Crippen LogP contribution is -2.46. The molecule has 5 nitrogen and oxygen atoms in total. The van der Waals surface area contributed by atoms with Gasteiger partial charge in [0, 0.05) is 32.4 Å². The normalized spacial score (nSPS) is 14.1. The Balaban J connectivity index is 2.00. The molecule has 1 amide bonds. The lowest BCUT2D eigenvalue weighted by Gasteiger charge is -2.30. The topological polar surface area (TPSA) is 67.2 Å². The van der Waals surface area contributed by atoms with Crippen LogP contribution in [0, 0.1) is 0 Å². The van der Waals surface area contributed by atoms with Gasteiger partial charge in [0.05, 0.1) is 16.5 Å². The van der Waals surface area contributed by atoms with Gasteiger partial charge in [-0.1, -0.05) is 29.3 Å². The minimum atomic E-state index is -4.94. The number of benzene rings is 1. The van der Waals surface area contributed by atoms with Crippen molar-refractivity contribution >= 4 is 29.1 Å². The zero-order valence-electron chi connectivity index (χ0n) is 13.6. The van der Waals surface area contributed by atoms with Crippen molar-refractivity contribution in [3.63, 3.8) is 0 Å². The summed E-state index contributed by atoms with van der Waals surface area (Å²) in [5.74, 6) is -1.04. The molecule has 0 fully saturated rings. The SMILES string of the molecule is Cn1ccnc1C(O)(CCNC(=O)Cc1ccc(Cl)c(Cl)c1)C(F)(F)F. The maximum atomic E-state index is 13.4. The summed E-state index contributed by atoms with van der Waals surface area (Å²) in [4.78, 5) is 15.5. The first-order valence-electron chi connectivity index (χ1n) is 7.52. The van der Waals surface area contributed by atoms with E-state index in [1.807, 2.05) is 0 Å². The third kappa shape index (κ3) is 4.49. The van der Waals surface area contributed by atoms with Gasteiger partial charge in [0.2, 0.25) is 11.5 Å². The van der Waals surface area contributed by atoms with Gasteiger partial charge in [-0.15, -0.1) is 0 Å². The number of amides is 1. The van der Waals surface area contributed by atoms with Crippen LogP contribution in [-0.4, -0.2) is 33.3 Å². The van der Waals surface area contributed by atoms with Gasteiger partial charge in [-0.05, 0) is 17.7 Å². The summed E-state index contributed by atoms with van der Waals surface area (Å²) >= 11 is 11.6. The smallest absolute Gasteiger partial charge is 0.374 e. The average Bonchev–Trinajstić information content (AvgIpc) is 2.96. The summed E-state index contributed by atoms with van der Waals surface area (Å²) in [6.07, 6.45) is -3.33. The Morgan fingerprint density at radius 2 is 2.00 bits per heavy atom. The van der Waals surface area contributed by atoms with E-state index in [1.165, 1.54) is 25.4 Å². The van der Waals surface area contributed by atoms with E-state index in [9.17, 15) is 23.1 Å². The second-order valence-electron chi connectivity index (χ2n) is 5.74. The van der Waals surface area contributed by atoms with Crippen LogP contribution in [-0.2, 0) is 23.9 Å². The van der Waals surface area contributed by atoms with Gasteiger partial charge in [0.25, 0.3) is 0 Å². The molecule has 0 spiro atoms. The van der Waals surface area contributed by atoms with Crippen molar-refractivity contribution in [1.29, 1.82) is 0 Å². The first-order chi connectivity index (χ1) is 12.0. The van der Waals surface area contributed by atoms with Crippen LogP contribution in [0.2, 0.25) is 10.0 Å². The van der Waals surface area contributed by atoms with Gasteiger partial charge in [-0.2, -0.15) is 13.2 Å². The largest absolute Gasteiger partial charge is 0.424 e. The van der Waals surface area contributed by atoms with Crippen molar-refractivity contribution in [3.05, 3.63) is 52.0 Å². The number of rotatable bonds is 6. The highest BCUT2D eigenvalue weighted by Gasteiger charge is 2.57.